The SMILES string of the molecule is CN1CCN(c2ccc(N/C=C(\N)C(=O)NCCCN3CCOCC3)cc2NC(=O)C(=N)/C(Cl)=C\C(=N)Cl)CC1. The molecule has 0 aliphatic carbocycles. The van der Waals surface area contributed by atoms with Gasteiger partial charge in [-0.15, -0.1) is 0 Å². The first-order valence-corrected chi connectivity index (χ1v) is 13.8. The molecule has 0 atom stereocenters. The fourth-order valence-corrected chi connectivity index (χ4v) is 4.54. The fraction of sp³-hybridized carbons (Fsp3) is 0.462. The van der Waals surface area contributed by atoms with Crippen LogP contribution >= 0.6 is 23.2 Å². The number of rotatable bonds is 12. The number of nitrogens with two attached hydrogens (primary N) is 1. The van der Waals surface area contributed by atoms with Gasteiger partial charge in [0.25, 0.3) is 11.8 Å². The van der Waals surface area contributed by atoms with Crippen LogP contribution in [-0.4, -0.2) is 105 Å². The summed E-state index contributed by atoms with van der Waals surface area (Å²) in [4.78, 5) is 31.9. The lowest BCUT2D eigenvalue weighted by atomic mass is 10.1. The van der Waals surface area contributed by atoms with Crippen molar-refractivity contribution >= 4 is 63.0 Å². The number of amides is 2. The molecule has 1 aromatic rings. The van der Waals surface area contributed by atoms with Crippen LogP contribution in [0.1, 0.15) is 6.42 Å². The molecule has 0 aromatic heterocycles. The molecule has 40 heavy (non-hydrogen) atoms. The summed E-state index contributed by atoms with van der Waals surface area (Å²) in [5, 5.41) is 23.3. The number of piperazine rings is 1. The van der Waals surface area contributed by atoms with Gasteiger partial charge in [-0.1, -0.05) is 23.2 Å². The maximum absolute atomic E-state index is 12.8. The monoisotopic (exact) mass is 593 g/mol. The lowest BCUT2D eigenvalue weighted by molar-refractivity contribution is -0.117. The van der Waals surface area contributed by atoms with E-state index in [4.69, 9.17) is 44.5 Å². The van der Waals surface area contributed by atoms with Crippen molar-refractivity contribution < 1.29 is 14.3 Å². The standard InChI is InChI=1S/C26H37Cl2N9O3/c1-35-7-9-37(10-8-35)22-4-3-18(15-21(22)34-26(39)24(31)19(27)16-23(28)30)33-17-20(29)25(38)32-5-2-6-36-11-13-40-14-12-36/h3-4,15-17,30-31,33H,2,5-14,29H2,1H3,(H,32,38)(H,34,39)/b19-16+,20-17-,30-23?,31-24?. The highest BCUT2D eigenvalue weighted by Crippen LogP contribution is 2.30. The number of halogens is 2. The third-order valence-corrected chi connectivity index (χ3v) is 6.91. The molecule has 2 fully saturated rings. The van der Waals surface area contributed by atoms with Crippen LogP contribution in [0.3, 0.4) is 0 Å². The van der Waals surface area contributed by atoms with E-state index in [1.54, 1.807) is 6.07 Å². The van der Waals surface area contributed by atoms with E-state index in [1.807, 2.05) is 19.2 Å². The Hall–Kier alpha value is -3.16. The van der Waals surface area contributed by atoms with E-state index < -0.39 is 16.8 Å². The first kappa shape index (κ1) is 31.4. The number of likely N-dealkylation sites (N-methyl/N-ethyl adjacent to an activating group) is 1. The molecule has 218 valence electrons. The van der Waals surface area contributed by atoms with E-state index in [0.29, 0.717) is 17.9 Å². The summed E-state index contributed by atoms with van der Waals surface area (Å²) < 4.78 is 5.34. The third-order valence-electron chi connectivity index (χ3n) is 6.50. The van der Waals surface area contributed by atoms with Crippen LogP contribution in [0.4, 0.5) is 17.1 Å². The summed E-state index contributed by atoms with van der Waals surface area (Å²) in [5.41, 5.74) is 7.28. The molecule has 7 N–H and O–H groups in total. The number of ether oxygens (including phenoxy) is 1. The van der Waals surface area contributed by atoms with Crippen molar-refractivity contribution in [1.29, 1.82) is 10.8 Å². The number of hydrogen-bond acceptors (Lipinski definition) is 10. The number of allylic oxidation sites excluding steroid dienone is 1. The molecular weight excluding hydrogens is 557 g/mol. The Morgan fingerprint density at radius 3 is 2.45 bits per heavy atom. The van der Waals surface area contributed by atoms with Gasteiger partial charge in [-0.2, -0.15) is 0 Å². The van der Waals surface area contributed by atoms with Crippen molar-refractivity contribution in [3.8, 4) is 0 Å². The molecule has 0 saturated carbocycles. The number of nitrogens with zero attached hydrogens (tertiary/aromatic N) is 3. The van der Waals surface area contributed by atoms with Crippen LogP contribution < -0.4 is 26.6 Å². The summed E-state index contributed by atoms with van der Waals surface area (Å²) in [6.45, 7) is 7.90. The molecule has 0 unspecified atom stereocenters. The molecule has 2 amide bonds. The Morgan fingerprint density at radius 2 is 1.77 bits per heavy atom. The summed E-state index contributed by atoms with van der Waals surface area (Å²) in [6.07, 6.45) is 3.23. The summed E-state index contributed by atoms with van der Waals surface area (Å²) >= 11 is 11.5. The zero-order valence-electron chi connectivity index (χ0n) is 22.6. The smallest absolute Gasteiger partial charge is 0.275 e. The minimum absolute atomic E-state index is 0.0160. The predicted molar refractivity (Wildman–Crippen MR) is 161 cm³/mol. The Morgan fingerprint density at radius 1 is 1.07 bits per heavy atom. The van der Waals surface area contributed by atoms with E-state index in [2.05, 4.69) is 30.7 Å². The van der Waals surface area contributed by atoms with Crippen molar-refractivity contribution in [2.45, 2.75) is 6.42 Å². The first-order valence-electron chi connectivity index (χ1n) is 13.0. The second-order valence-electron chi connectivity index (χ2n) is 9.50. The average molecular weight is 595 g/mol. The summed E-state index contributed by atoms with van der Waals surface area (Å²) in [7, 11) is 2.05. The topological polar surface area (TPSA) is 163 Å². The molecule has 0 spiro atoms. The van der Waals surface area contributed by atoms with Gasteiger partial charge in [0.15, 0.2) is 0 Å². The molecule has 2 heterocycles. The Labute approximate surface area is 244 Å². The highest BCUT2D eigenvalue weighted by molar-refractivity contribution is 6.70. The molecule has 2 aliphatic rings. The maximum atomic E-state index is 12.8. The van der Waals surface area contributed by atoms with E-state index in [9.17, 15) is 9.59 Å². The number of benzene rings is 1. The van der Waals surface area contributed by atoms with Crippen LogP contribution in [0.15, 0.2) is 41.2 Å². The molecule has 14 heteroatoms. The zero-order chi connectivity index (χ0) is 29.1. The number of hydrogen-bond donors (Lipinski definition) is 6. The van der Waals surface area contributed by atoms with Crippen LogP contribution in [0.2, 0.25) is 0 Å². The molecule has 12 nitrogen and oxygen atoms in total. The van der Waals surface area contributed by atoms with Crippen LogP contribution in [0.25, 0.3) is 0 Å². The van der Waals surface area contributed by atoms with Gasteiger partial charge in [0.05, 0.1) is 29.6 Å². The highest BCUT2D eigenvalue weighted by Gasteiger charge is 2.21. The van der Waals surface area contributed by atoms with Gasteiger partial charge < -0.3 is 36.2 Å². The van der Waals surface area contributed by atoms with Crippen molar-refractivity contribution in [3.05, 3.63) is 41.2 Å². The molecule has 2 saturated heterocycles. The minimum atomic E-state index is -0.752. The van der Waals surface area contributed by atoms with Crippen molar-refractivity contribution in [2.75, 3.05) is 88.2 Å². The van der Waals surface area contributed by atoms with Gasteiger partial charge >= 0.3 is 0 Å². The number of carbonyl (C=O) groups excluding carboxylic acids is 2. The first-order chi connectivity index (χ1) is 19.1. The number of carbonyl (C=O) groups is 2. The Kier molecular flexibility index (Phi) is 12.2. The normalized spacial score (nSPS) is 17.3. The minimum Gasteiger partial charge on any atom is -0.393 e. The van der Waals surface area contributed by atoms with Gasteiger partial charge in [-0.05, 0) is 44.3 Å². The van der Waals surface area contributed by atoms with Gasteiger partial charge in [-0.3, -0.25) is 25.3 Å². The van der Waals surface area contributed by atoms with Crippen molar-refractivity contribution in [1.82, 2.24) is 15.1 Å². The van der Waals surface area contributed by atoms with E-state index in [1.165, 1.54) is 6.20 Å². The van der Waals surface area contributed by atoms with Crippen LogP contribution in [0.5, 0.6) is 0 Å². The van der Waals surface area contributed by atoms with Crippen molar-refractivity contribution in [2.24, 2.45) is 5.73 Å². The fourth-order valence-electron chi connectivity index (χ4n) is 4.18. The lowest BCUT2D eigenvalue weighted by Gasteiger charge is -2.35. The average Bonchev–Trinajstić information content (AvgIpc) is 2.94. The number of anilines is 3. The van der Waals surface area contributed by atoms with Gasteiger partial charge in [-0.25, -0.2) is 0 Å². The second-order valence-corrected chi connectivity index (χ2v) is 10.3. The maximum Gasteiger partial charge on any atom is 0.275 e. The number of nitrogens with one attached hydrogen (secondary N) is 5. The van der Waals surface area contributed by atoms with Gasteiger partial charge in [0.2, 0.25) is 0 Å². The van der Waals surface area contributed by atoms with Gasteiger partial charge in [0.1, 0.15) is 16.6 Å². The van der Waals surface area contributed by atoms with E-state index >= 15 is 0 Å². The molecule has 3 rings (SSSR count). The van der Waals surface area contributed by atoms with Crippen LogP contribution in [0, 0.1) is 10.8 Å². The lowest BCUT2D eigenvalue weighted by Crippen LogP contribution is -2.44. The predicted octanol–water partition coefficient (Wildman–Crippen LogP) is 1.79. The third kappa shape index (κ3) is 9.79. The van der Waals surface area contributed by atoms with E-state index in [-0.39, 0.29) is 16.6 Å². The summed E-state index contributed by atoms with van der Waals surface area (Å²) in [6, 6.07) is 5.37. The van der Waals surface area contributed by atoms with E-state index in [0.717, 1.165) is 77.2 Å². The molecule has 2 aliphatic heterocycles. The molecule has 1 aromatic carbocycles. The van der Waals surface area contributed by atoms with Crippen molar-refractivity contribution in [3.63, 3.8) is 0 Å². The van der Waals surface area contributed by atoms with Crippen LogP contribution in [-0.2, 0) is 14.3 Å². The molecule has 0 bridgehead atoms. The highest BCUT2D eigenvalue weighted by atomic mass is 35.5. The Balaban J connectivity index is 1.65. The Bertz CT molecular complexity index is 1140. The largest absolute Gasteiger partial charge is 0.393 e. The molecular formula is C26H37Cl2N9O3. The number of morpholine rings is 1. The quantitative estimate of drug-likeness (QED) is 0.121. The summed E-state index contributed by atoms with van der Waals surface area (Å²) in [5.74, 6) is -1.13. The zero-order valence-corrected chi connectivity index (χ0v) is 24.1. The molecule has 0 radical (unpaired) electrons. The van der Waals surface area contributed by atoms with Gasteiger partial charge in [0, 0.05) is 57.7 Å². The second kappa shape index (κ2) is 15.6.